The number of hydrogen-bond acceptors (Lipinski definition) is 1. The van der Waals surface area contributed by atoms with Crippen LogP contribution in [0.15, 0.2) is 42.5 Å². The highest BCUT2D eigenvalue weighted by molar-refractivity contribution is 5.70. The molecule has 0 unspecified atom stereocenters. The molecule has 0 radical (unpaired) electrons. The fraction of sp³-hybridized carbons (Fsp3) is 0.143. The molecule has 1 nitrogen and oxygen atoms in total. The van der Waals surface area contributed by atoms with Crippen molar-refractivity contribution in [3.8, 4) is 16.9 Å². The van der Waals surface area contributed by atoms with Crippen molar-refractivity contribution in [2.75, 3.05) is 0 Å². The molecular formula is C14H13FO. The van der Waals surface area contributed by atoms with Crippen molar-refractivity contribution < 1.29 is 9.50 Å². The van der Waals surface area contributed by atoms with Crippen LogP contribution in [0.1, 0.15) is 12.5 Å². The first-order valence-corrected chi connectivity index (χ1v) is 5.28. The minimum absolute atomic E-state index is 0.106. The third-order valence-corrected chi connectivity index (χ3v) is 2.60. The van der Waals surface area contributed by atoms with Gasteiger partial charge in [-0.15, -0.1) is 0 Å². The first kappa shape index (κ1) is 10.7. The predicted molar refractivity (Wildman–Crippen MR) is 62.9 cm³/mol. The maximum atomic E-state index is 13.1. The van der Waals surface area contributed by atoms with E-state index in [2.05, 4.69) is 6.92 Å². The fourth-order valence-corrected chi connectivity index (χ4v) is 1.70. The molecule has 2 heteroatoms. The lowest BCUT2D eigenvalue weighted by molar-refractivity contribution is 0.475. The molecule has 0 saturated heterocycles. The molecule has 0 bridgehead atoms. The summed E-state index contributed by atoms with van der Waals surface area (Å²) in [5, 5.41) is 9.69. The van der Waals surface area contributed by atoms with E-state index >= 15 is 0 Å². The van der Waals surface area contributed by atoms with E-state index in [1.54, 1.807) is 0 Å². The van der Waals surface area contributed by atoms with Crippen molar-refractivity contribution in [2.24, 2.45) is 0 Å². The molecule has 0 aliphatic carbocycles. The van der Waals surface area contributed by atoms with Gasteiger partial charge in [-0.3, -0.25) is 0 Å². The predicted octanol–water partition coefficient (Wildman–Crippen LogP) is 3.76. The van der Waals surface area contributed by atoms with Gasteiger partial charge in [0.1, 0.15) is 11.6 Å². The maximum absolute atomic E-state index is 13.1. The number of halogens is 1. The van der Waals surface area contributed by atoms with Crippen LogP contribution in [0.5, 0.6) is 5.75 Å². The lowest BCUT2D eigenvalue weighted by Gasteiger charge is -2.06. The van der Waals surface area contributed by atoms with Gasteiger partial charge in [-0.2, -0.15) is 0 Å². The number of aryl methyl sites for hydroxylation is 1. The second kappa shape index (κ2) is 4.35. The topological polar surface area (TPSA) is 20.2 Å². The number of rotatable bonds is 2. The van der Waals surface area contributed by atoms with Gasteiger partial charge in [0.2, 0.25) is 0 Å². The van der Waals surface area contributed by atoms with Crippen LogP contribution in [0.2, 0.25) is 0 Å². The number of benzene rings is 2. The summed E-state index contributed by atoms with van der Waals surface area (Å²) in [6.45, 7) is 2.06. The molecule has 16 heavy (non-hydrogen) atoms. The number of aromatic hydroxyl groups is 1. The van der Waals surface area contributed by atoms with E-state index in [9.17, 15) is 9.50 Å². The van der Waals surface area contributed by atoms with Crippen molar-refractivity contribution >= 4 is 0 Å². The molecule has 2 aromatic rings. The summed E-state index contributed by atoms with van der Waals surface area (Å²) in [4.78, 5) is 0. The van der Waals surface area contributed by atoms with E-state index in [1.807, 2.05) is 24.3 Å². The van der Waals surface area contributed by atoms with E-state index in [0.29, 0.717) is 5.56 Å². The molecule has 0 amide bonds. The fourth-order valence-electron chi connectivity index (χ4n) is 1.70. The molecule has 0 aliphatic rings. The summed E-state index contributed by atoms with van der Waals surface area (Å²) in [6.07, 6.45) is 0.921. The molecule has 2 aromatic carbocycles. The highest BCUT2D eigenvalue weighted by atomic mass is 19.1. The van der Waals surface area contributed by atoms with Crippen LogP contribution in [-0.4, -0.2) is 5.11 Å². The number of phenols is 1. The quantitative estimate of drug-likeness (QED) is 0.810. The lowest BCUT2D eigenvalue weighted by atomic mass is 10.0. The van der Waals surface area contributed by atoms with Gasteiger partial charge < -0.3 is 5.11 Å². The largest absolute Gasteiger partial charge is 0.507 e. The van der Waals surface area contributed by atoms with E-state index in [4.69, 9.17) is 0 Å². The summed E-state index contributed by atoms with van der Waals surface area (Å²) >= 11 is 0. The third-order valence-electron chi connectivity index (χ3n) is 2.60. The Kier molecular flexibility index (Phi) is 2.91. The molecule has 0 spiro atoms. The van der Waals surface area contributed by atoms with Crippen molar-refractivity contribution in [1.29, 1.82) is 0 Å². The monoisotopic (exact) mass is 216 g/mol. The molecular weight excluding hydrogens is 203 g/mol. The Morgan fingerprint density at radius 3 is 2.69 bits per heavy atom. The minimum atomic E-state index is -0.338. The second-order valence-corrected chi connectivity index (χ2v) is 3.72. The Morgan fingerprint density at radius 1 is 1.12 bits per heavy atom. The highest BCUT2D eigenvalue weighted by Crippen LogP contribution is 2.30. The molecule has 0 fully saturated rings. The van der Waals surface area contributed by atoms with E-state index in [0.717, 1.165) is 12.0 Å². The molecule has 0 aromatic heterocycles. The van der Waals surface area contributed by atoms with Crippen LogP contribution in [0.4, 0.5) is 4.39 Å². The normalized spacial score (nSPS) is 10.4. The van der Waals surface area contributed by atoms with Crippen molar-refractivity contribution in [1.82, 2.24) is 0 Å². The zero-order valence-corrected chi connectivity index (χ0v) is 9.07. The Morgan fingerprint density at radius 2 is 1.94 bits per heavy atom. The Bertz CT molecular complexity index is 506. The smallest absolute Gasteiger partial charge is 0.124 e. The Hall–Kier alpha value is -1.83. The minimum Gasteiger partial charge on any atom is -0.507 e. The number of hydrogen-bond donors (Lipinski definition) is 1. The summed E-state index contributed by atoms with van der Waals surface area (Å²) in [7, 11) is 0. The second-order valence-electron chi connectivity index (χ2n) is 3.72. The number of phenolic OH excluding ortho intramolecular Hbond substituents is 1. The molecule has 0 heterocycles. The Balaban J connectivity index is 2.53. The van der Waals surface area contributed by atoms with Gasteiger partial charge in [0.15, 0.2) is 0 Å². The van der Waals surface area contributed by atoms with Gasteiger partial charge in [0, 0.05) is 5.56 Å². The average Bonchev–Trinajstić information content (AvgIpc) is 2.32. The van der Waals surface area contributed by atoms with Gasteiger partial charge in [-0.05, 0) is 35.7 Å². The molecule has 2 rings (SSSR count). The van der Waals surface area contributed by atoms with E-state index < -0.39 is 0 Å². The van der Waals surface area contributed by atoms with Crippen molar-refractivity contribution in [3.63, 3.8) is 0 Å². The molecule has 0 atom stereocenters. The maximum Gasteiger partial charge on any atom is 0.124 e. The summed E-state index contributed by atoms with van der Waals surface area (Å²) in [6, 6.07) is 11.7. The first-order chi connectivity index (χ1) is 7.70. The summed E-state index contributed by atoms with van der Waals surface area (Å²) < 4.78 is 13.1. The Labute approximate surface area is 94.2 Å². The lowest BCUT2D eigenvalue weighted by Crippen LogP contribution is -1.84. The van der Waals surface area contributed by atoms with Crippen molar-refractivity contribution in [3.05, 3.63) is 53.8 Å². The van der Waals surface area contributed by atoms with Gasteiger partial charge >= 0.3 is 0 Å². The van der Waals surface area contributed by atoms with E-state index in [-0.39, 0.29) is 11.6 Å². The van der Waals surface area contributed by atoms with E-state index in [1.165, 1.54) is 23.8 Å². The van der Waals surface area contributed by atoms with Crippen LogP contribution < -0.4 is 0 Å². The SMILES string of the molecule is CCc1cccc(-c2cc(F)ccc2O)c1. The van der Waals surface area contributed by atoms with Crippen LogP contribution in [0.25, 0.3) is 11.1 Å². The van der Waals surface area contributed by atoms with Gasteiger partial charge in [0.05, 0.1) is 0 Å². The third kappa shape index (κ3) is 2.06. The van der Waals surface area contributed by atoms with Crippen LogP contribution >= 0.6 is 0 Å². The summed E-state index contributed by atoms with van der Waals surface area (Å²) in [5.41, 5.74) is 2.55. The average molecular weight is 216 g/mol. The molecule has 0 saturated carbocycles. The zero-order chi connectivity index (χ0) is 11.5. The van der Waals surface area contributed by atoms with Gasteiger partial charge in [-0.1, -0.05) is 31.2 Å². The van der Waals surface area contributed by atoms with Gasteiger partial charge in [-0.25, -0.2) is 4.39 Å². The zero-order valence-electron chi connectivity index (χ0n) is 9.07. The molecule has 1 N–H and O–H groups in total. The molecule has 0 aliphatic heterocycles. The van der Waals surface area contributed by atoms with Crippen LogP contribution in [0, 0.1) is 5.82 Å². The first-order valence-electron chi connectivity index (χ1n) is 5.28. The van der Waals surface area contributed by atoms with Crippen LogP contribution in [0.3, 0.4) is 0 Å². The standard InChI is InChI=1S/C14H13FO/c1-2-10-4-3-5-11(8-10)13-9-12(15)6-7-14(13)16/h3-9,16H,2H2,1H3. The molecule has 82 valence electrons. The highest BCUT2D eigenvalue weighted by Gasteiger charge is 2.05. The summed E-state index contributed by atoms with van der Waals surface area (Å²) in [5.74, 6) is -0.232. The van der Waals surface area contributed by atoms with Crippen LogP contribution in [-0.2, 0) is 6.42 Å². The van der Waals surface area contributed by atoms with Gasteiger partial charge in [0.25, 0.3) is 0 Å². The van der Waals surface area contributed by atoms with Crippen molar-refractivity contribution in [2.45, 2.75) is 13.3 Å².